The van der Waals surface area contributed by atoms with Gasteiger partial charge in [-0.2, -0.15) is 0 Å². The fourth-order valence-electron chi connectivity index (χ4n) is 1.28. The largest absolute Gasteiger partial charge is 0.346 e. The van der Waals surface area contributed by atoms with Gasteiger partial charge in [-0.25, -0.2) is 4.98 Å². The van der Waals surface area contributed by atoms with Crippen LogP contribution in [0.15, 0.2) is 0 Å². The van der Waals surface area contributed by atoms with Crippen molar-refractivity contribution < 1.29 is 9.59 Å². The molecule has 1 aromatic rings. The highest BCUT2D eigenvalue weighted by Gasteiger charge is 2.17. The molecule has 0 aromatic carbocycles. The van der Waals surface area contributed by atoms with Gasteiger partial charge in [0.25, 0.3) is 0 Å². The Kier molecular flexibility index (Phi) is 7.70. The Bertz CT molecular complexity index is 457. The molecule has 0 spiro atoms. The van der Waals surface area contributed by atoms with Gasteiger partial charge in [-0.15, -0.1) is 23.7 Å². The van der Waals surface area contributed by atoms with Crippen molar-refractivity contribution in [3.05, 3.63) is 10.6 Å². The summed E-state index contributed by atoms with van der Waals surface area (Å²) in [6.45, 7) is 7.42. The predicted molar refractivity (Wildman–Crippen MR) is 83.3 cm³/mol. The first kappa shape index (κ1) is 18.8. The summed E-state index contributed by atoms with van der Waals surface area (Å²) >= 11 is 1.41. The van der Waals surface area contributed by atoms with E-state index < -0.39 is 6.04 Å². The van der Waals surface area contributed by atoms with E-state index in [4.69, 9.17) is 5.73 Å². The smallest absolute Gasteiger partial charge is 0.245 e. The summed E-state index contributed by atoms with van der Waals surface area (Å²) in [5.74, 6) is -0.595. The number of nitrogens with two attached hydrogens (primary N) is 1. The fourth-order valence-corrected chi connectivity index (χ4v) is 2.11. The highest BCUT2D eigenvalue weighted by atomic mass is 35.5. The van der Waals surface area contributed by atoms with E-state index in [1.165, 1.54) is 11.3 Å². The molecule has 20 heavy (non-hydrogen) atoms. The van der Waals surface area contributed by atoms with E-state index in [1.54, 1.807) is 0 Å². The average molecular weight is 321 g/mol. The van der Waals surface area contributed by atoms with Crippen LogP contribution in [0, 0.1) is 19.8 Å². The van der Waals surface area contributed by atoms with E-state index in [1.807, 2.05) is 27.7 Å². The van der Waals surface area contributed by atoms with Crippen LogP contribution in [0.5, 0.6) is 0 Å². The van der Waals surface area contributed by atoms with Crippen LogP contribution in [0.3, 0.4) is 0 Å². The van der Waals surface area contributed by atoms with E-state index in [9.17, 15) is 9.59 Å². The van der Waals surface area contributed by atoms with E-state index in [2.05, 4.69) is 15.6 Å². The summed E-state index contributed by atoms with van der Waals surface area (Å²) < 4.78 is 0. The SMILES string of the molecule is Cc1nc(NC(=O)CNC(=O)[C@@H](N)C(C)C)sc1C.Cl. The molecule has 0 bridgehead atoms. The minimum absolute atomic E-state index is 0. The number of rotatable bonds is 5. The van der Waals surface area contributed by atoms with Crippen LogP contribution in [0.4, 0.5) is 5.13 Å². The van der Waals surface area contributed by atoms with Crippen LogP contribution < -0.4 is 16.4 Å². The maximum atomic E-state index is 11.6. The lowest BCUT2D eigenvalue weighted by Gasteiger charge is -2.14. The third-order valence-electron chi connectivity index (χ3n) is 2.72. The highest BCUT2D eigenvalue weighted by molar-refractivity contribution is 7.15. The summed E-state index contributed by atoms with van der Waals surface area (Å²) in [5, 5.41) is 5.69. The summed E-state index contributed by atoms with van der Waals surface area (Å²) in [4.78, 5) is 28.4. The summed E-state index contributed by atoms with van der Waals surface area (Å²) in [7, 11) is 0. The molecule has 4 N–H and O–H groups in total. The second-order valence-corrected chi connectivity index (χ2v) is 5.90. The Morgan fingerprint density at radius 2 is 1.95 bits per heavy atom. The number of amides is 2. The first-order chi connectivity index (χ1) is 8.81. The molecular weight excluding hydrogens is 300 g/mol. The predicted octanol–water partition coefficient (Wildman–Crippen LogP) is 1.22. The molecule has 1 aromatic heterocycles. The van der Waals surface area contributed by atoms with Crippen LogP contribution >= 0.6 is 23.7 Å². The summed E-state index contributed by atoms with van der Waals surface area (Å²) in [6, 6.07) is -0.600. The van der Waals surface area contributed by atoms with E-state index in [-0.39, 0.29) is 36.7 Å². The summed E-state index contributed by atoms with van der Waals surface area (Å²) in [5.41, 5.74) is 6.56. The van der Waals surface area contributed by atoms with Crippen molar-refractivity contribution in [2.45, 2.75) is 33.7 Å². The van der Waals surface area contributed by atoms with Gasteiger partial charge in [0.15, 0.2) is 5.13 Å². The number of aromatic nitrogens is 1. The van der Waals surface area contributed by atoms with Gasteiger partial charge in [0, 0.05) is 4.88 Å². The molecule has 0 aliphatic carbocycles. The zero-order valence-electron chi connectivity index (χ0n) is 12.0. The molecule has 0 saturated carbocycles. The zero-order valence-corrected chi connectivity index (χ0v) is 13.7. The molecule has 1 rings (SSSR count). The maximum Gasteiger partial charge on any atom is 0.245 e. The maximum absolute atomic E-state index is 11.6. The Balaban J connectivity index is 0.00000361. The Labute approximate surface area is 128 Å². The van der Waals surface area contributed by atoms with Gasteiger partial charge >= 0.3 is 0 Å². The molecule has 6 nitrogen and oxygen atoms in total. The number of carbonyl (C=O) groups excluding carboxylic acids is 2. The number of aryl methyl sites for hydroxylation is 2. The molecule has 8 heteroatoms. The van der Waals surface area contributed by atoms with Gasteiger partial charge in [-0.3, -0.25) is 9.59 Å². The Hall–Kier alpha value is -1.18. The van der Waals surface area contributed by atoms with E-state index in [0.29, 0.717) is 5.13 Å². The van der Waals surface area contributed by atoms with Crippen molar-refractivity contribution in [2.75, 3.05) is 11.9 Å². The van der Waals surface area contributed by atoms with E-state index >= 15 is 0 Å². The third kappa shape index (κ3) is 5.44. The molecule has 0 radical (unpaired) electrons. The van der Waals surface area contributed by atoms with Crippen LogP contribution in [0.2, 0.25) is 0 Å². The highest BCUT2D eigenvalue weighted by Crippen LogP contribution is 2.20. The molecule has 2 amide bonds. The normalized spacial score (nSPS) is 11.7. The van der Waals surface area contributed by atoms with Crippen LogP contribution in [-0.2, 0) is 9.59 Å². The van der Waals surface area contributed by atoms with Gasteiger partial charge in [0.1, 0.15) is 0 Å². The number of thiazole rings is 1. The Morgan fingerprint density at radius 3 is 2.40 bits per heavy atom. The molecule has 0 fully saturated rings. The van der Waals surface area contributed by atoms with Gasteiger partial charge in [0.05, 0.1) is 18.3 Å². The molecule has 0 aliphatic heterocycles. The van der Waals surface area contributed by atoms with Gasteiger partial charge in [-0.05, 0) is 19.8 Å². The van der Waals surface area contributed by atoms with Crippen molar-refractivity contribution in [3.63, 3.8) is 0 Å². The van der Waals surface area contributed by atoms with E-state index in [0.717, 1.165) is 10.6 Å². The minimum atomic E-state index is -0.600. The summed E-state index contributed by atoms with van der Waals surface area (Å²) in [6.07, 6.45) is 0. The second-order valence-electron chi connectivity index (χ2n) is 4.70. The number of hydrogen-bond donors (Lipinski definition) is 3. The number of anilines is 1. The van der Waals surface area contributed by atoms with Crippen molar-refractivity contribution in [3.8, 4) is 0 Å². The number of hydrogen-bond acceptors (Lipinski definition) is 5. The monoisotopic (exact) mass is 320 g/mol. The molecular formula is C12H21ClN4O2S. The topological polar surface area (TPSA) is 97.1 Å². The van der Waals surface area contributed by atoms with Crippen LogP contribution in [0.1, 0.15) is 24.4 Å². The molecule has 1 atom stereocenters. The number of halogens is 1. The lowest BCUT2D eigenvalue weighted by molar-refractivity contribution is -0.125. The zero-order chi connectivity index (χ0) is 14.6. The number of nitrogens with zero attached hydrogens (tertiary/aromatic N) is 1. The van der Waals surface area contributed by atoms with Crippen LogP contribution in [-0.4, -0.2) is 29.4 Å². The lowest BCUT2D eigenvalue weighted by atomic mass is 10.1. The average Bonchev–Trinajstić information content (AvgIpc) is 2.64. The first-order valence-corrected chi connectivity index (χ1v) is 6.90. The van der Waals surface area contributed by atoms with Crippen molar-refractivity contribution in [2.24, 2.45) is 11.7 Å². The third-order valence-corrected chi connectivity index (χ3v) is 3.71. The molecule has 0 saturated heterocycles. The molecule has 0 aliphatic rings. The van der Waals surface area contributed by atoms with Gasteiger partial charge in [0.2, 0.25) is 11.8 Å². The molecule has 0 unspecified atom stereocenters. The standard InChI is InChI=1S/C12H20N4O2S.ClH/c1-6(2)10(13)11(18)14-5-9(17)16-12-15-7(3)8(4)19-12;/h6,10H,5,13H2,1-4H3,(H,14,18)(H,15,16,17);1H/t10-;/m0./s1. The minimum Gasteiger partial charge on any atom is -0.346 e. The molecule has 114 valence electrons. The number of nitrogens with one attached hydrogen (secondary N) is 2. The molecule has 1 heterocycles. The number of carbonyl (C=O) groups is 2. The van der Waals surface area contributed by atoms with Crippen LogP contribution in [0.25, 0.3) is 0 Å². The van der Waals surface area contributed by atoms with Crippen molar-refractivity contribution >= 4 is 40.7 Å². The van der Waals surface area contributed by atoms with Gasteiger partial charge < -0.3 is 16.4 Å². The van der Waals surface area contributed by atoms with Crippen molar-refractivity contribution in [1.82, 2.24) is 10.3 Å². The Morgan fingerprint density at radius 1 is 1.35 bits per heavy atom. The first-order valence-electron chi connectivity index (χ1n) is 6.08. The second kappa shape index (κ2) is 8.18. The lowest BCUT2D eigenvalue weighted by Crippen LogP contribution is -2.46. The quantitative estimate of drug-likeness (QED) is 0.760. The van der Waals surface area contributed by atoms with Crippen molar-refractivity contribution in [1.29, 1.82) is 0 Å². The van der Waals surface area contributed by atoms with Gasteiger partial charge in [-0.1, -0.05) is 13.8 Å². The fraction of sp³-hybridized carbons (Fsp3) is 0.583.